The maximum atomic E-state index is 12.5. The lowest BCUT2D eigenvalue weighted by Gasteiger charge is -2.09. The van der Waals surface area contributed by atoms with E-state index in [4.69, 9.17) is 5.11 Å². The standard InChI is InChI=1S/C14H12BrNO4S/c1-9-2-3-11(14(17)18)5-13(9)21(19,20)8-10-4-12(15)7-16-6-10/h2-7H,8H2,1H3,(H,17,18). The highest BCUT2D eigenvalue weighted by molar-refractivity contribution is 9.10. The first-order valence-electron chi connectivity index (χ1n) is 5.96. The second-order valence-electron chi connectivity index (χ2n) is 4.56. The largest absolute Gasteiger partial charge is 0.478 e. The Kier molecular flexibility index (Phi) is 4.43. The van der Waals surface area contributed by atoms with Gasteiger partial charge in [0.2, 0.25) is 0 Å². The molecule has 0 radical (unpaired) electrons. The van der Waals surface area contributed by atoms with Crippen molar-refractivity contribution in [1.29, 1.82) is 0 Å². The highest BCUT2D eigenvalue weighted by atomic mass is 79.9. The fraction of sp³-hybridized carbons (Fsp3) is 0.143. The number of pyridine rings is 1. The molecule has 0 atom stereocenters. The van der Waals surface area contributed by atoms with E-state index in [1.54, 1.807) is 19.2 Å². The molecule has 0 saturated carbocycles. The zero-order chi connectivity index (χ0) is 15.6. The molecule has 0 unspecified atom stereocenters. The van der Waals surface area contributed by atoms with Crippen LogP contribution in [0.3, 0.4) is 0 Å². The van der Waals surface area contributed by atoms with Crippen molar-refractivity contribution in [2.24, 2.45) is 0 Å². The third-order valence-corrected chi connectivity index (χ3v) is 5.15. The lowest BCUT2D eigenvalue weighted by atomic mass is 10.1. The van der Waals surface area contributed by atoms with Crippen molar-refractivity contribution in [2.45, 2.75) is 17.6 Å². The average Bonchev–Trinajstić information content (AvgIpc) is 2.38. The smallest absolute Gasteiger partial charge is 0.335 e. The number of aromatic nitrogens is 1. The maximum Gasteiger partial charge on any atom is 0.335 e. The minimum Gasteiger partial charge on any atom is -0.478 e. The van der Waals surface area contributed by atoms with Gasteiger partial charge in [0.1, 0.15) is 0 Å². The molecule has 0 aliphatic heterocycles. The zero-order valence-corrected chi connectivity index (χ0v) is 13.5. The van der Waals surface area contributed by atoms with Crippen LogP contribution in [0.15, 0.2) is 46.0 Å². The molecule has 0 amide bonds. The third kappa shape index (κ3) is 3.68. The Bertz CT molecular complexity index is 802. The van der Waals surface area contributed by atoms with E-state index in [2.05, 4.69) is 20.9 Å². The van der Waals surface area contributed by atoms with Gasteiger partial charge in [-0.25, -0.2) is 13.2 Å². The van der Waals surface area contributed by atoms with Crippen LogP contribution >= 0.6 is 15.9 Å². The molecule has 0 spiro atoms. The summed E-state index contributed by atoms with van der Waals surface area (Å²) in [6.07, 6.45) is 3.03. The number of benzene rings is 1. The van der Waals surface area contributed by atoms with Crippen molar-refractivity contribution in [3.8, 4) is 0 Å². The summed E-state index contributed by atoms with van der Waals surface area (Å²) in [5.74, 6) is -1.39. The molecular weight excluding hydrogens is 358 g/mol. The number of carboxylic acids is 1. The molecule has 1 heterocycles. The van der Waals surface area contributed by atoms with Crippen LogP contribution in [0.1, 0.15) is 21.5 Å². The van der Waals surface area contributed by atoms with Gasteiger partial charge in [-0.05, 0) is 52.2 Å². The summed E-state index contributed by atoms with van der Waals surface area (Å²) in [5, 5.41) is 8.98. The molecule has 0 aliphatic carbocycles. The minimum atomic E-state index is -3.64. The molecule has 7 heteroatoms. The number of aryl methyl sites for hydroxylation is 1. The summed E-state index contributed by atoms with van der Waals surface area (Å²) >= 11 is 3.24. The van der Waals surface area contributed by atoms with Crippen LogP contribution in [-0.2, 0) is 15.6 Å². The molecule has 0 saturated heterocycles. The number of rotatable bonds is 4. The average molecular weight is 370 g/mol. The van der Waals surface area contributed by atoms with Gasteiger partial charge in [0.05, 0.1) is 16.2 Å². The normalized spacial score (nSPS) is 11.3. The molecule has 0 fully saturated rings. The minimum absolute atomic E-state index is 0.0300. The van der Waals surface area contributed by atoms with Gasteiger partial charge in [-0.15, -0.1) is 0 Å². The van der Waals surface area contributed by atoms with Crippen LogP contribution in [0.2, 0.25) is 0 Å². The fourth-order valence-corrected chi connectivity index (χ4v) is 3.93. The number of sulfone groups is 1. The summed E-state index contributed by atoms with van der Waals surface area (Å²) in [7, 11) is -3.64. The van der Waals surface area contributed by atoms with E-state index >= 15 is 0 Å². The molecule has 0 aliphatic rings. The molecule has 21 heavy (non-hydrogen) atoms. The van der Waals surface area contributed by atoms with Gasteiger partial charge in [0, 0.05) is 16.9 Å². The first kappa shape index (κ1) is 15.7. The van der Waals surface area contributed by atoms with Gasteiger partial charge in [0.15, 0.2) is 9.84 Å². The molecule has 1 aromatic heterocycles. The van der Waals surface area contributed by atoms with E-state index in [1.165, 1.54) is 24.4 Å². The van der Waals surface area contributed by atoms with Crippen molar-refractivity contribution >= 4 is 31.7 Å². The number of hydrogen-bond acceptors (Lipinski definition) is 4. The van der Waals surface area contributed by atoms with E-state index in [-0.39, 0.29) is 16.2 Å². The van der Waals surface area contributed by atoms with E-state index < -0.39 is 15.8 Å². The highest BCUT2D eigenvalue weighted by Gasteiger charge is 2.20. The van der Waals surface area contributed by atoms with Gasteiger partial charge < -0.3 is 5.11 Å². The lowest BCUT2D eigenvalue weighted by molar-refractivity contribution is 0.0696. The van der Waals surface area contributed by atoms with Gasteiger partial charge in [-0.1, -0.05) is 6.07 Å². The van der Waals surface area contributed by atoms with Crippen molar-refractivity contribution in [3.05, 3.63) is 57.8 Å². The molecule has 1 aromatic carbocycles. The monoisotopic (exact) mass is 369 g/mol. The molecule has 1 N–H and O–H groups in total. The second kappa shape index (κ2) is 5.95. The lowest BCUT2D eigenvalue weighted by Crippen LogP contribution is -2.09. The highest BCUT2D eigenvalue weighted by Crippen LogP contribution is 2.22. The zero-order valence-electron chi connectivity index (χ0n) is 11.1. The van der Waals surface area contributed by atoms with Crippen molar-refractivity contribution in [1.82, 2.24) is 4.98 Å². The quantitative estimate of drug-likeness (QED) is 0.895. The molecular formula is C14H12BrNO4S. The fourth-order valence-electron chi connectivity index (χ4n) is 1.90. The first-order chi connectivity index (χ1) is 9.79. The Morgan fingerprint density at radius 1 is 1.29 bits per heavy atom. The maximum absolute atomic E-state index is 12.5. The van der Waals surface area contributed by atoms with Crippen LogP contribution in [0.25, 0.3) is 0 Å². The van der Waals surface area contributed by atoms with E-state index in [1.807, 2.05) is 0 Å². The topological polar surface area (TPSA) is 84.3 Å². The van der Waals surface area contributed by atoms with Crippen molar-refractivity contribution in [2.75, 3.05) is 0 Å². The number of hydrogen-bond donors (Lipinski definition) is 1. The van der Waals surface area contributed by atoms with Gasteiger partial charge >= 0.3 is 5.97 Å². The Labute approximate surface area is 130 Å². The van der Waals surface area contributed by atoms with E-state index in [0.717, 1.165) is 0 Å². The summed E-state index contributed by atoms with van der Waals surface area (Å²) in [6, 6.07) is 5.74. The molecule has 2 rings (SSSR count). The molecule has 5 nitrogen and oxygen atoms in total. The Balaban J connectivity index is 2.44. The summed E-state index contributed by atoms with van der Waals surface area (Å²) in [4.78, 5) is 14.9. The van der Waals surface area contributed by atoms with Gasteiger partial charge in [-0.3, -0.25) is 4.98 Å². The summed E-state index contributed by atoms with van der Waals surface area (Å²) in [5.41, 5.74) is 0.999. The van der Waals surface area contributed by atoms with Crippen molar-refractivity contribution < 1.29 is 18.3 Å². The number of nitrogens with zero attached hydrogens (tertiary/aromatic N) is 1. The predicted molar refractivity (Wildman–Crippen MR) is 81.0 cm³/mol. The van der Waals surface area contributed by atoms with Crippen LogP contribution in [-0.4, -0.2) is 24.5 Å². The van der Waals surface area contributed by atoms with Crippen molar-refractivity contribution in [3.63, 3.8) is 0 Å². The molecule has 110 valence electrons. The first-order valence-corrected chi connectivity index (χ1v) is 8.40. The third-order valence-electron chi connectivity index (χ3n) is 2.89. The Morgan fingerprint density at radius 3 is 2.62 bits per heavy atom. The summed E-state index contributed by atoms with van der Waals surface area (Å²) < 4.78 is 25.6. The number of carboxylic acid groups (broad SMARTS) is 1. The summed E-state index contributed by atoms with van der Waals surface area (Å²) in [6.45, 7) is 1.64. The molecule has 0 bridgehead atoms. The number of aromatic carboxylic acids is 1. The van der Waals surface area contributed by atoms with Crippen LogP contribution in [0.4, 0.5) is 0 Å². The van der Waals surface area contributed by atoms with Crippen LogP contribution in [0, 0.1) is 6.92 Å². The predicted octanol–water partition coefficient (Wildman–Crippen LogP) is 2.82. The van der Waals surface area contributed by atoms with E-state index in [9.17, 15) is 13.2 Å². The SMILES string of the molecule is Cc1ccc(C(=O)O)cc1S(=O)(=O)Cc1cncc(Br)c1. The molecule has 2 aromatic rings. The van der Waals surface area contributed by atoms with Crippen LogP contribution in [0.5, 0.6) is 0 Å². The second-order valence-corrected chi connectivity index (χ2v) is 7.43. The number of carbonyl (C=O) groups is 1. The van der Waals surface area contributed by atoms with Gasteiger partial charge in [-0.2, -0.15) is 0 Å². The number of halogens is 1. The van der Waals surface area contributed by atoms with E-state index in [0.29, 0.717) is 15.6 Å². The van der Waals surface area contributed by atoms with Crippen LogP contribution < -0.4 is 0 Å². The Morgan fingerprint density at radius 2 is 2.00 bits per heavy atom. The van der Waals surface area contributed by atoms with Gasteiger partial charge in [0.25, 0.3) is 0 Å². The Hall–Kier alpha value is -1.73.